The zero-order chi connectivity index (χ0) is 19.2. The number of hydrogen-bond acceptors (Lipinski definition) is 4. The molecule has 5 heteroatoms. The van der Waals surface area contributed by atoms with E-state index in [4.69, 9.17) is 0 Å². The van der Waals surface area contributed by atoms with Crippen LogP contribution in [0.25, 0.3) is 0 Å². The number of rotatable bonds is 2. The lowest BCUT2D eigenvalue weighted by Crippen LogP contribution is -2.65. The van der Waals surface area contributed by atoms with Gasteiger partial charge >= 0.3 is 0 Å². The van der Waals surface area contributed by atoms with Crippen molar-refractivity contribution in [2.75, 3.05) is 58.9 Å². The van der Waals surface area contributed by atoms with E-state index in [1.54, 1.807) is 0 Å². The highest BCUT2D eigenvalue weighted by molar-refractivity contribution is 5.78. The van der Waals surface area contributed by atoms with Gasteiger partial charge in [0, 0.05) is 63.4 Å². The van der Waals surface area contributed by atoms with Gasteiger partial charge in [0.25, 0.3) is 0 Å². The summed E-state index contributed by atoms with van der Waals surface area (Å²) < 4.78 is 0. The molecule has 1 spiro atoms. The van der Waals surface area contributed by atoms with E-state index in [0.29, 0.717) is 17.9 Å². The van der Waals surface area contributed by atoms with Gasteiger partial charge in [-0.1, -0.05) is 0 Å². The molecule has 0 aromatic heterocycles. The van der Waals surface area contributed by atoms with E-state index in [2.05, 4.69) is 61.1 Å². The largest absolute Gasteiger partial charge is 0.342 e. The number of nitrogens with zero attached hydrogens (tertiary/aromatic N) is 4. The van der Waals surface area contributed by atoms with Gasteiger partial charge in [-0.05, 0) is 59.8 Å². The molecule has 5 nitrogen and oxygen atoms in total. The first-order valence-corrected chi connectivity index (χ1v) is 10.5. The smallest absolute Gasteiger partial charge is 0.236 e. The maximum atomic E-state index is 12.7. The summed E-state index contributed by atoms with van der Waals surface area (Å²) in [6.07, 6.45) is 2.37. The highest BCUT2D eigenvalue weighted by Gasteiger charge is 2.48. The van der Waals surface area contributed by atoms with Crippen molar-refractivity contribution in [3.05, 3.63) is 0 Å². The van der Waals surface area contributed by atoms with Crippen molar-refractivity contribution in [1.82, 2.24) is 19.6 Å². The Morgan fingerprint density at radius 2 is 1.27 bits per heavy atom. The van der Waals surface area contributed by atoms with Crippen LogP contribution in [0, 0.1) is 5.41 Å². The third-order valence-corrected chi connectivity index (χ3v) is 6.86. The van der Waals surface area contributed by atoms with E-state index in [-0.39, 0.29) is 11.1 Å². The van der Waals surface area contributed by atoms with Crippen LogP contribution in [-0.4, -0.2) is 95.5 Å². The van der Waals surface area contributed by atoms with Crippen molar-refractivity contribution in [3.8, 4) is 0 Å². The van der Waals surface area contributed by atoms with Crippen molar-refractivity contribution < 1.29 is 4.79 Å². The highest BCUT2D eigenvalue weighted by Crippen LogP contribution is 2.43. The molecule has 0 aromatic carbocycles. The Morgan fingerprint density at radius 1 is 0.769 bits per heavy atom. The Labute approximate surface area is 160 Å². The molecule has 3 aliphatic rings. The van der Waals surface area contributed by atoms with Crippen LogP contribution in [0.15, 0.2) is 0 Å². The first kappa shape index (κ1) is 20.1. The average Bonchev–Trinajstić information content (AvgIpc) is 2.51. The molecule has 0 aliphatic carbocycles. The van der Waals surface area contributed by atoms with Crippen LogP contribution in [0.1, 0.15) is 54.4 Å². The number of amides is 1. The molecule has 3 rings (SSSR count). The average molecular weight is 365 g/mol. The predicted octanol–water partition coefficient (Wildman–Crippen LogP) is 2.13. The maximum Gasteiger partial charge on any atom is 0.236 e. The zero-order valence-corrected chi connectivity index (χ0v) is 18.0. The number of hydrogen-bond donors (Lipinski definition) is 0. The summed E-state index contributed by atoms with van der Waals surface area (Å²) in [5, 5.41) is 0. The quantitative estimate of drug-likeness (QED) is 0.751. The minimum absolute atomic E-state index is 0.237. The van der Waals surface area contributed by atoms with Crippen molar-refractivity contribution in [2.24, 2.45) is 5.41 Å². The second-order valence-corrected chi connectivity index (χ2v) is 10.8. The zero-order valence-electron chi connectivity index (χ0n) is 18.0. The number of piperidine rings is 1. The normalized spacial score (nSPS) is 26.2. The van der Waals surface area contributed by atoms with Crippen molar-refractivity contribution >= 4 is 5.91 Å². The first-order valence-electron chi connectivity index (χ1n) is 10.5. The Kier molecular flexibility index (Phi) is 5.46. The van der Waals surface area contributed by atoms with E-state index in [0.717, 1.165) is 39.3 Å². The fourth-order valence-corrected chi connectivity index (χ4v) is 4.65. The van der Waals surface area contributed by atoms with E-state index in [9.17, 15) is 4.79 Å². The third kappa shape index (κ3) is 4.42. The van der Waals surface area contributed by atoms with Crippen LogP contribution in [0.3, 0.4) is 0 Å². The van der Waals surface area contributed by atoms with Gasteiger partial charge in [0.1, 0.15) is 0 Å². The van der Waals surface area contributed by atoms with Gasteiger partial charge in [-0.2, -0.15) is 0 Å². The molecule has 0 radical (unpaired) electrons. The van der Waals surface area contributed by atoms with Gasteiger partial charge in [0.15, 0.2) is 0 Å². The van der Waals surface area contributed by atoms with Gasteiger partial charge < -0.3 is 4.90 Å². The Balaban J connectivity index is 1.40. The van der Waals surface area contributed by atoms with Gasteiger partial charge in [0.2, 0.25) is 5.91 Å². The van der Waals surface area contributed by atoms with Crippen LogP contribution < -0.4 is 0 Å². The summed E-state index contributed by atoms with van der Waals surface area (Å²) >= 11 is 0. The topological polar surface area (TPSA) is 30.0 Å². The molecule has 26 heavy (non-hydrogen) atoms. The monoisotopic (exact) mass is 364 g/mol. The van der Waals surface area contributed by atoms with Gasteiger partial charge in [-0.15, -0.1) is 0 Å². The maximum absolute atomic E-state index is 12.7. The van der Waals surface area contributed by atoms with Gasteiger partial charge in [-0.25, -0.2) is 0 Å². The summed E-state index contributed by atoms with van der Waals surface area (Å²) in [6.45, 7) is 22.9. The number of carbonyl (C=O) groups is 1. The lowest BCUT2D eigenvalue weighted by atomic mass is 9.70. The van der Waals surface area contributed by atoms with E-state index >= 15 is 0 Å². The second kappa shape index (κ2) is 7.06. The molecule has 1 amide bonds. The van der Waals surface area contributed by atoms with Crippen LogP contribution in [0.5, 0.6) is 0 Å². The molecule has 3 fully saturated rings. The fraction of sp³-hybridized carbons (Fsp3) is 0.952. The van der Waals surface area contributed by atoms with E-state index in [1.165, 1.54) is 25.9 Å². The van der Waals surface area contributed by atoms with Crippen molar-refractivity contribution in [1.29, 1.82) is 0 Å². The molecule has 0 aromatic rings. The number of carbonyl (C=O) groups excluding carboxylic acids is 1. The molecule has 3 heterocycles. The van der Waals surface area contributed by atoms with Crippen LogP contribution in [0.4, 0.5) is 0 Å². The summed E-state index contributed by atoms with van der Waals surface area (Å²) in [7, 11) is 0. The standard InChI is InChI=1S/C21H40N4O/c1-19(2,3)24-13-11-22(12-14-24)15-18(26)23-9-7-21(8-10-23)16-25(17-21)20(4,5)6/h7-17H2,1-6H3. The SMILES string of the molecule is CC(C)(C)N1CCN(CC(=O)N2CCC3(CC2)CN(C(C)(C)C)C3)CC1. The Hall–Kier alpha value is -0.650. The molecule has 0 bridgehead atoms. The highest BCUT2D eigenvalue weighted by atomic mass is 16.2. The van der Waals surface area contributed by atoms with Gasteiger partial charge in [0.05, 0.1) is 6.54 Å². The van der Waals surface area contributed by atoms with Crippen LogP contribution in [-0.2, 0) is 4.79 Å². The van der Waals surface area contributed by atoms with Gasteiger partial charge in [-0.3, -0.25) is 19.5 Å². The molecule has 3 aliphatic heterocycles. The fourth-order valence-electron chi connectivity index (χ4n) is 4.65. The van der Waals surface area contributed by atoms with E-state index < -0.39 is 0 Å². The van der Waals surface area contributed by atoms with Crippen molar-refractivity contribution in [3.63, 3.8) is 0 Å². The van der Waals surface area contributed by atoms with E-state index in [1.807, 2.05) is 0 Å². The summed E-state index contributed by atoms with van der Waals surface area (Å²) in [4.78, 5) is 22.3. The van der Waals surface area contributed by atoms with Crippen LogP contribution >= 0.6 is 0 Å². The molecule has 0 atom stereocenters. The molecule has 0 N–H and O–H groups in total. The number of likely N-dealkylation sites (tertiary alicyclic amines) is 2. The van der Waals surface area contributed by atoms with Crippen LogP contribution in [0.2, 0.25) is 0 Å². The molecule has 0 saturated carbocycles. The minimum atomic E-state index is 0.237. The molecular formula is C21H40N4O. The molecule has 150 valence electrons. The summed E-state index contributed by atoms with van der Waals surface area (Å²) in [6, 6.07) is 0. The van der Waals surface area contributed by atoms with Crippen molar-refractivity contribution in [2.45, 2.75) is 65.5 Å². The minimum Gasteiger partial charge on any atom is -0.342 e. The second-order valence-electron chi connectivity index (χ2n) is 10.8. The number of piperazine rings is 1. The molecule has 0 unspecified atom stereocenters. The predicted molar refractivity (Wildman–Crippen MR) is 107 cm³/mol. The lowest BCUT2D eigenvalue weighted by Gasteiger charge is -2.58. The lowest BCUT2D eigenvalue weighted by molar-refractivity contribution is -0.140. The summed E-state index contributed by atoms with van der Waals surface area (Å²) in [5.41, 5.74) is 1.01. The molecular weight excluding hydrogens is 324 g/mol. The first-order chi connectivity index (χ1) is 12.0. The molecule has 3 saturated heterocycles. The Bertz CT molecular complexity index is 495. The third-order valence-electron chi connectivity index (χ3n) is 6.86. The Morgan fingerprint density at radius 3 is 1.73 bits per heavy atom. The summed E-state index contributed by atoms with van der Waals surface area (Å²) in [5.74, 6) is 0.344.